The van der Waals surface area contributed by atoms with Crippen molar-refractivity contribution >= 4 is 27.7 Å². The lowest BCUT2D eigenvalue weighted by Gasteiger charge is -2.29. The lowest BCUT2D eigenvalue weighted by molar-refractivity contribution is -0.123. The zero-order chi connectivity index (χ0) is 20.0. The highest BCUT2D eigenvalue weighted by atomic mass is 32.2. The molecule has 2 rings (SSSR count). The molecule has 1 aromatic rings. The number of urea groups is 1. The summed E-state index contributed by atoms with van der Waals surface area (Å²) in [7, 11) is -3.36. The minimum absolute atomic E-state index is 0.0301. The first kappa shape index (κ1) is 20.9. The summed E-state index contributed by atoms with van der Waals surface area (Å²) in [6.07, 6.45) is 5.15. The molecule has 3 amide bonds. The first-order valence-electron chi connectivity index (χ1n) is 8.74. The third-order valence-electron chi connectivity index (χ3n) is 4.53. The van der Waals surface area contributed by atoms with E-state index in [1.807, 2.05) is 0 Å². The summed E-state index contributed by atoms with van der Waals surface area (Å²) in [6, 6.07) is 4.59. The summed E-state index contributed by atoms with van der Waals surface area (Å²) >= 11 is 0. The Kier molecular flexibility index (Phi) is 6.95. The van der Waals surface area contributed by atoms with Gasteiger partial charge < -0.3 is 10.1 Å². The Bertz CT molecular complexity index is 804. The van der Waals surface area contributed by atoms with Gasteiger partial charge in [-0.1, -0.05) is 19.8 Å². The largest absolute Gasteiger partial charge is 0.452 e. The topological polar surface area (TPSA) is 119 Å². The van der Waals surface area contributed by atoms with E-state index in [-0.39, 0.29) is 16.5 Å². The Morgan fingerprint density at radius 1 is 1.11 bits per heavy atom. The Hall–Kier alpha value is -2.42. The number of amides is 3. The fourth-order valence-corrected chi connectivity index (χ4v) is 3.58. The number of hydrogen-bond acceptors (Lipinski definition) is 6. The summed E-state index contributed by atoms with van der Waals surface area (Å²) in [5.41, 5.74) is 0.107. The van der Waals surface area contributed by atoms with E-state index in [2.05, 4.69) is 17.6 Å². The Morgan fingerprint density at radius 2 is 1.74 bits per heavy atom. The Labute approximate surface area is 158 Å². The molecule has 0 bridgehead atoms. The lowest BCUT2D eigenvalue weighted by Crippen LogP contribution is -2.48. The molecule has 2 atom stereocenters. The fourth-order valence-electron chi connectivity index (χ4n) is 2.95. The summed E-state index contributed by atoms with van der Waals surface area (Å²) < 4.78 is 27.6. The van der Waals surface area contributed by atoms with E-state index >= 15 is 0 Å². The minimum Gasteiger partial charge on any atom is -0.452 e. The van der Waals surface area contributed by atoms with Crippen LogP contribution in [0.3, 0.4) is 0 Å². The molecule has 27 heavy (non-hydrogen) atoms. The van der Waals surface area contributed by atoms with Crippen molar-refractivity contribution in [1.29, 1.82) is 0 Å². The van der Waals surface area contributed by atoms with Crippen LogP contribution in [0.2, 0.25) is 0 Å². The van der Waals surface area contributed by atoms with Crippen molar-refractivity contribution in [3.8, 4) is 0 Å². The molecule has 0 unspecified atom stereocenters. The van der Waals surface area contributed by atoms with Crippen molar-refractivity contribution in [2.75, 3.05) is 12.9 Å². The number of hydrogen-bond donors (Lipinski definition) is 2. The van der Waals surface area contributed by atoms with Gasteiger partial charge in [0.2, 0.25) is 0 Å². The minimum atomic E-state index is -3.36. The second kappa shape index (κ2) is 8.98. The average molecular weight is 396 g/mol. The van der Waals surface area contributed by atoms with Crippen molar-refractivity contribution in [2.24, 2.45) is 5.92 Å². The number of benzene rings is 1. The molecule has 1 aliphatic carbocycles. The predicted octanol–water partition coefficient (Wildman–Crippen LogP) is 1.65. The molecule has 8 nitrogen and oxygen atoms in total. The normalized spacial score (nSPS) is 19.8. The van der Waals surface area contributed by atoms with E-state index in [4.69, 9.17) is 4.74 Å². The van der Waals surface area contributed by atoms with Gasteiger partial charge in [0.25, 0.3) is 5.91 Å². The molecule has 9 heteroatoms. The molecule has 0 heterocycles. The van der Waals surface area contributed by atoms with Gasteiger partial charge in [0, 0.05) is 12.3 Å². The molecule has 0 spiro atoms. The van der Waals surface area contributed by atoms with Crippen molar-refractivity contribution in [2.45, 2.75) is 43.5 Å². The molecular weight excluding hydrogens is 372 g/mol. The number of carbonyl (C=O) groups excluding carboxylic acids is 3. The van der Waals surface area contributed by atoms with E-state index in [1.165, 1.54) is 24.3 Å². The van der Waals surface area contributed by atoms with Crippen LogP contribution in [0.4, 0.5) is 4.79 Å². The number of ether oxygens (including phenoxy) is 1. The smallest absolute Gasteiger partial charge is 0.338 e. The van der Waals surface area contributed by atoms with Gasteiger partial charge in [-0.3, -0.25) is 10.1 Å². The van der Waals surface area contributed by atoms with E-state index in [9.17, 15) is 22.8 Å². The molecule has 0 aliphatic heterocycles. The molecule has 0 radical (unpaired) electrons. The highest BCUT2D eigenvalue weighted by Crippen LogP contribution is 2.23. The molecule has 1 aromatic carbocycles. The summed E-state index contributed by atoms with van der Waals surface area (Å²) in [5.74, 6) is -1.17. The molecule has 0 aromatic heterocycles. The van der Waals surface area contributed by atoms with Crippen LogP contribution >= 0.6 is 0 Å². The quantitative estimate of drug-likeness (QED) is 0.731. The number of nitrogens with one attached hydrogen (secondary N) is 2. The number of esters is 1. The van der Waals surface area contributed by atoms with Gasteiger partial charge in [0.1, 0.15) is 0 Å². The van der Waals surface area contributed by atoms with E-state index in [1.54, 1.807) is 0 Å². The van der Waals surface area contributed by atoms with Gasteiger partial charge in [-0.2, -0.15) is 0 Å². The summed E-state index contributed by atoms with van der Waals surface area (Å²) in [5, 5.41) is 4.91. The van der Waals surface area contributed by atoms with Gasteiger partial charge in [-0.05, 0) is 43.0 Å². The molecule has 1 saturated carbocycles. The van der Waals surface area contributed by atoms with Crippen LogP contribution in [-0.4, -0.2) is 45.2 Å². The van der Waals surface area contributed by atoms with Gasteiger partial charge in [-0.25, -0.2) is 18.0 Å². The maximum Gasteiger partial charge on any atom is 0.338 e. The van der Waals surface area contributed by atoms with E-state index < -0.39 is 34.4 Å². The molecule has 1 fully saturated rings. The monoisotopic (exact) mass is 396 g/mol. The van der Waals surface area contributed by atoms with Crippen molar-refractivity contribution in [3.05, 3.63) is 29.8 Å². The highest BCUT2D eigenvalue weighted by Gasteiger charge is 2.23. The molecule has 1 aliphatic rings. The fraction of sp³-hybridized carbons (Fsp3) is 0.500. The number of imide groups is 1. The third-order valence-corrected chi connectivity index (χ3v) is 5.66. The van der Waals surface area contributed by atoms with Crippen LogP contribution in [-0.2, 0) is 19.4 Å². The number of rotatable bonds is 5. The lowest BCUT2D eigenvalue weighted by atomic mass is 9.86. The van der Waals surface area contributed by atoms with Crippen LogP contribution in [0.5, 0.6) is 0 Å². The molecular formula is C18H24N2O6S. The predicted molar refractivity (Wildman–Crippen MR) is 97.9 cm³/mol. The molecule has 148 valence electrons. The zero-order valence-electron chi connectivity index (χ0n) is 15.4. The van der Waals surface area contributed by atoms with E-state index in [0.717, 1.165) is 31.9 Å². The summed E-state index contributed by atoms with van der Waals surface area (Å²) in [6.45, 7) is 1.45. The zero-order valence-corrected chi connectivity index (χ0v) is 16.2. The Balaban J connectivity index is 1.79. The first-order chi connectivity index (χ1) is 12.7. The first-order valence-corrected chi connectivity index (χ1v) is 10.6. The van der Waals surface area contributed by atoms with Crippen molar-refractivity contribution in [3.63, 3.8) is 0 Å². The number of carbonyl (C=O) groups is 3. The molecule has 2 N–H and O–H groups in total. The second-order valence-corrected chi connectivity index (χ2v) is 8.78. The van der Waals surface area contributed by atoms with Crippen LogP contribution in [0.15, 0.2) is 29.2 Å². The van der Waals surface area contributed by atoms with Crippen LogP contribution < -0.4 is 10.6 Å². The van der Waals surface area contributed by atoms with Crippen molar-refractivity contribution < 1.29 is 27.5 Å². The van der Waals surface area contributed by atoms with E-state index in [0.29, 0.717) is 5.92 Å². The third kappa shape index (κ3) is 6.35. The maximum atomic E-state index is 11.9. The van der Waals surface area contributed by atoms with Gasteiger partial charge in [0.15, 0.2) is 16.4 Å². The van der Waals surface area contributed by atoms with Gasteiger partial charge >= 0.3 is 12.0 Å². The molecule has 0 saturated heterocycles. The highest BCUT2D eigenvalue weighted by molar-refractivity contribution is 7.90. The standard InChI is InChI=1S/C18H24N2O6S/c1-12-5-3-4-6-15(12)19-18(23)20-16(21)11-26-17(22)13-7-9-14(10-8-13)27(2,24)25/h7-10,12,15H,3-6,11H2,1-2H3,(H2,19,20,21,23)/t12-,15-/m0/s1. The summed E-state index contributed by atoms with van der Waals surface area (Å²) in [4.78, 5) is 35.6. The Morgan fingerprint density at radius 3 is 2.33 bits per heavy atom. The van der Waals surface area contributed by atoms with Gasteiger partial charge in [-0.15, -0.1) is 0 Å². The SMILES string of the molecule is C[C@H]1CCCC[C@@H]1NC(=O)NC(=O)COC(=O)c1ccc(S(C)(=O)=O)cc1. The number of sulfone groups is 1. The van der Waals surface area contributed by atoms with Gasteiger partial charge in [0.05, 0.1) is 10.5 Å². The van der Waals surface area contributed by atoms with Crippen molar-refractivity contribution in [1.82, 2.24) is 10.6 Å². The van der Waals surface area contributed by atoms with Crippen LogP contribution in [0.25, 0.3) is 0 Å². The maximum absolute atomic E-state index is 11.9. The second-order valence-electron chi connectivity index (χ2n) is 6.76. The van der Waals surface area contributed by atoms with Crippen LogP contribution in [0, 0.1) is 5.92 Å². The average Bonchev–Trinajstić information content (AvgIpc) is 2.61. The van der Waals surface area contributed by atoms with Crippen LogP contribution in [0.1, 0.15) is 43.0 Å².